The Balaban J connectivity index is 2.45. The molecule has 0 aliphatic carbocycles. The molecular weight excluding hydrogens is 329 g/mol. The first kappa shape index (κ1) is 16.1. The first-order valence-electron chi connectivity index (χ1n) is 6.38. The van der Waals surface area contributed by atoms with Crippen LogP contribution in [0.2, 0.25) is 10.0 Å². The quantitative estimate of drug-likeness (QED) is 0.856. The van der Waals surface area contributed by atoms with Gasteiger partial charge in [0.2, 0.25) is 0 Å². The second kappa shape index (κ2) is 6.26. The summed E-state index contributed by atoms with van der Waals surface area (Å²) in [7, 11) is -3.79. The van der Waals surface area contributed by atoms with Gasteiger partial charge in [0.05, 0.1) is 10.7 Å². The number of halogens is 2. The Morgan fingerprint density at radius 1 is 1.05 bits per heavy atom. The number of benzene rings is 2. The van der Waals surface area contributed by atoms with Gasteiger partial charge in [-0.3, -0.25) is 4.72 Å². The molecule has 21 heavy (non-hydrogen) atoms. The molecule has 0 saturated heterocycles. The standard InChI is InChI=1S/C15H15Cl2NO2S/c1-10(2)12-5-3-4-6-14(12)18-21(19,20)15-9-11(16)7-8-13(15)17/h3-10,18H,1-2H3. The van der Waals surface area contributed by atoms with E-state index < -0.39 is 10.0 Å². The van der Waals surface area contributed by atoms with E-state index in [-0.39, 0.29) is 15.8 Å². The van der Waals surface area contributed by atoms with E-state index in [9.17, 15) is 8.42 Å². The number of nitrogens with one attached hydrogen (secondary N) is 1. The highest BCUT2D eigenvalue weighted by atomic mass is 35.5. The van der Waals surface area contributed by atoms with Gasteiger partial charge in [-0.15, -0.1) is 0 Å². The van der Waals surface area contributed by atoms with Crippen molar-refractivity contribution in [2.45, 2.75) is 24.7 Å². The maximum atomic E-state index is 12.5. The van der Waals surface area contributed by atoms with Crippen LogP contribution in [0, 0.1) is 0 Å². The zero-order chi connectivity index (χ0) is 15.6. The molecule has 0 spiro atoms. The van der Waals surface area contributed by atoms with Gasteiger partial charge in [0.15, 0.2) is 0 Å². The van der Waals surface area contributed by atoms with Crippen molar-refractivity contribution in [3.05, 3.63) is 58.1 Å². The lowest BCUT2D eigenvalue weighted by molar-refractivity contribution is 0.601. The largest absolute Gasteiger partial charge is 0.279 e. The molecule has 0 aromatic heterocycles. The SMILES string of the molecule is CC(C)c1ccccc1NS(=O)(=O)c1cc(Cl)ccc1Cl. The van der Waals surface area contributed by atoms with Crippen molar-refractivity contribution < 1.29 is 8.42 Å². The van der Waals surface area contributed by atoms with E-state index in [0.717, 1.165) is 5.56 Å². The van der Waals surface area contributed by atoms with Crippen LogP contribution < -0.4 is 4.72 Å². The first-order chi connectivity index (χ1) is 9.81. The Bertz CT molecular complexity index is 758. The van der Waals surface area contributed by atoms with Gasteiger partial charge in [0.25, 0.3) is 10.0 Å². The number of hydrogen-bond donors (Lipinski definition) is 1. The van der Waals surface area contributed by atoms with E-state index in [1.165, 1.54) is 12.1 Å². The summed E-state index contributed by atoms with van der Waals surface area (Å²) in [5, 5.41) is 0.450. The normalized spacial score (nSPS) is 11.7. The number of para-hydroxylation sites is 1. The van der Waals surface area contributed by atoms with Crippen molar-refractivity contribution >= 4 is 38.9 Å². The van der Waals surface area contributed by atoms with E-state index in [2.05, 4.69) is 4.72 Å². The minimum absolute atomic E-state index is 0.0322. The highest BCUT2D eigenvalue weighted by Crippen LogP contribution is 2.29. The molecule has 0 fully saturated rings. The van der Waals surface area contributed by atoms with Crippen molar-refractivity contribution in [3.8, 4) is 0 Å². The summed E-state index contributed by atoms with van der Waals surface area (Å²) in [6.45, 7) is 4.00. The minimum Gasteiger partial charge on any atom is -0.279 e. The number of rotatable bonds is 4. The third-order valence-electron chi connectivity index (χ3n) is 3.01. The predicted octanol–water partition coefficient (Wildman–Crippen LogP) is 4.92. The summed E-state index contributed by atoms with van der Waals surface area (Å²) < 4.78 is 27.6. The minimum atomic E-state index is -3.79. The molecule has 0 aliphatic rings. The van der Waals surface area contributed by atoms with E-state index in [0.29, 0.717) is 10.7 Å². The fraction of sp³-hybridized carbons (Fsp3) is 0.200. The third kappa shape index (κ3) is 3.70. The molecule has 0 radical (unpaired) electrons. The monoisotopic (exact) mass is 343 g/mol. The molecule has 0 unspecified atom stereocenters. The zero-order valence-corrected chi connectivity index (χ0v) is 13.9. The fourth-order valence-electron chi connectivity index (χ4n) is 1.98. The van der Waals surface area contributed by atoms with Gasteiger partial charge in [-0.2, -0.15) is 0 Å². The molecule has 1 N–H and O–H groups in total. The Kier molecular flexibility index (Phi) is 4.81. The molecule has 0 heterocycles. The summed E-state index contributed by atoms with van der Waals surface area (Å²) >= 11 is 11.8. The molecule has 0 saturated carbocycles. The zero-order valence-electron chi connectivity index (χ0n) is 11.6. The highest BCUT2D eigenvalue weighted by molar-refractivity contribution is 7.92. The van der Waals surface area contributed by atoms with Crippen molar-refractivity contribution in [1.29, 1.82) is 0 Å². The molecule has 2 aromatic rings. The van der Waals surface area contributed by atoms with E-state index in [4.69, 9.17) is 23.2 Å². The topological polar surface area (TPSA) is 46.2 Å². The van der Waals surface area contributed by atoms with Gasteiger partial charge < -0.3 is 0 Å². The lowest BCUT2D eigenvalue weighted by atomic mass is 10.0. The molecule has 6 heteroatoms. The fourth-order valence-corrected chi connectivity index (χ4v) is 3.83. The predicted molar refractivity (Wildman–Crippen MR) is 87.8 cm³/mol. The van der Waals surface area contributed by atoms with E-state index in [1.807, 2.05) is 26.0 Å². The first-order valence-corrected chi connectivity index (χ1v) is 8.62. The van der Waals surface area contributed by atoms with Gasteiger partial charge in [0, 0.05) is 5.02 Å². The van der Waals surface area contributed by atoms with Crippen LogP contribution in [0.1, 0.15) is 25.3 Å². The maximum Gasteiger partial charge on any atom is 0.263 e. The molecule has 112 valence electrons. The molecule has 0 aliphatic heterocycles. The number of anilines is 1. The lowest BCUT2D eigenvalue weighted by Gasteiger charge is -2.15. The van der Waals surface area contributed by atoms with Crippen LogP contribution in [0.25, 0.3) is 0 Å². The van der Waals surface area contributed by atoms with E-state index >= 15 is 0 Å². The average Bonchev–Trinajstić information content (AvgIpc) is 2.41. The molecular formula is C15H15Cl2NO2S. The van der Waals surface area contributed by atoms with Crippen LogP contribution in [0.15, 0.2) is 47.4 Å². The van der Waals surface area contributed by atoms with Crippen LogP contribution >= 0.6 is 23.2 Å². The summed E-state index contributed by atoms with van der Waals surface area (Å²) in [6, 6.07) is 11.6. The van der Waals surface area contributed by atoms with Crippen molar-refractivity contribution in [1.82, 2.24) is 0 Å². The Labute approximate surface area is 135 Å². The molecule has 0 amide bonds. The van der Waals surface area contributed by atoms with Crippen LogP contribution in [-0.4, -0.2) is 8.42 Å². The van der Waals surface area contributed by atoms with Crippen molar-refractivity contribution in [2.24, 2.45) is 0 Å². The van der Waals surface area contributed by atoms with Crippen molar-refractivity contribution in [3.63, 3.8) is 0 Å². The Hall–Kier alpha value is -1.23. The molecule has 0 bridgehead atoms. The number of hydrogen-bond acceptors (Lipinski definition) is 2. The smallest absolute Gasteiger partial charge is 0.263 e. The highest BCUT2D eigenvalue weighted by Gasteiger charge is 2.20. The van der Waals surface area contributed by atoms with Gasteiger partial charge in [-0.05, 0) is 35.7 Å². The van der Waals surface area contributed by atoms with Gasteiger partial charge >= 0.3 is 0 Å². The second-order valence-electron chi connectivity index (χ2n) is 4.92. The number of sulfonamides is 1. The van der Waals surface area contributed by atoms with Crippen molar-refractivity contribution in [2.75, 3.05) is 4.72 Å². The summed E-state index contributed by atoms with van der Waals surface area (Å²) in [5.74, 6) is 0.193. The molecule has 3 nitrogen and oxygen atoms in total. The molecule has 2 rings (SSSR count). The van der Waals surface area contributed by atoms with Crippen LogP contribution in [0.3, 0.4) is 0 Å². The summed E-state index contributed by atoms with van der Waals surface area (Å²) in [4.78, 5) is -0.0322. The van der Waals surface area contributed by atoms with E-state index in [1.54, 1.807) is 18.2 Å². The maximum absolute atomic E-state index is 12.5. The summed E-state index contributed by atoms with van der Waals surface area (Å²) in [5.41, 5.74) is 1.46. The molecule has 2 aromatic carbocycles. The summed E-state index contributed by atoms with van der Waals surface area (Å²) in [6.07, 6.45) is 0. The third-order valence-corrected chi connectivity index (χ3v) is 5.09. The molecule has 0 atom stereocenters. The second-order valence-corrected chi connectivity index (χ2v) is 7.42. The van der Waals surface area contributed by atoms with Gasteiger partial charge in [-0.25, -0.2) is 8.42 Å². The average molecular weight is 344 g/mol. The van der Waals surface area contributed by atoms with Gasteiger partial charge in [0.1, 0.15) is 4.90 Å². The Morgan fingerprint density at radius 2 is 1.71 bits per heavy atom. The van der Waals surface area contributed by atoms with Crippen LogP contribution in [-0.2, 0) is 10.0 Å². The van der Waals surface area contributed by atoms with Crippen LogP contribution in [0.4, 0.5) is 5.69 Å². The van der Waals surface area contributed by atoms with Gasteiger partial charge in [-0.1, -0.05) is 55.2 Å². The van der Waals surface area contributed by atoms with Crippen LogP contribution in [0.5, 0.6) is 0 Å². The lowest BCUT2D eigenvalue weighted by Crippen LogP contribution is -2.15. The Morgan fingerprint density at radius 3 is 2.38 bits per heavy atom.